The molecule has 7 heteroatoms. The fourth-order valence-electron chi connectivity index (χ4n) is 2.75. The van der Waals surface area contributed by atoms with E-state index in [-0.39, 0.29) is 11.2 Å². The molecule has 2 aromatic heterocycles. The van der Waals surface area contributed by atoms with Crippen LogP contribution in [-0.4, -0.2) is 27.9 Å². The number of carbonyl (C=O) groups excluding carboxylic acids is 1. The third kappa shape index (κ3) is 2.71. The Morgan fingerprint density at radius 1 is 1.25 bits per heavy atom. The van der Waals surface area contributed by atoms with Crippen LogP contribution in [0.2, 0.25) is 0 Å². The second-order valence-electron chi connectivity index (χ2n) is 5.48. The van der Waals surface area contributed by atoms with Crippen molar-refractivity contribution in [1.82, 2.24) is 10.2 Å². The Balaban J connectivity index is 1.47. The van der Waals surface area contributed by atoms with Crippen molar-refractivity contribution >= 4 is 23.4 Å². The molecule has 6 nitrogen and oxygen atoms in total. The number of fused-ring (bicyclic) bond motifs is 1. The van der Waals surface area contributed by atoms with Crippen molar-refractivity contribution in [3.05, 3.63) is 48.2 Å². The predicted octanol–water partition coefficient (Wildman–Crippen LogP) is 3.40. The van der Waals surface area contributed by atoms with Gasteiger partial charge in [-0.1, -0.05) is 30.0 Å². The van der Waals surface area contributed by atoms with Gasteiger partial charge in [0.15, 0.2) is 5.76 Å². The van der Waals surface area contributed by atoms with E-state index in [9.17, 15) is 4.79 Å². The molecule has 122 valence electrons. The van der Waals surface area contributed by atoms with Crippen LogP contribution in [-0.2, 0) is 11.2 Å². The molecule has 0 N–H and O–H groups in total. The molecule has 1 amide bonds. The average Bonchev–Trinajstić information content (AvgIpc) is 3.33. The molecular formula is C17H15N3O3S. The first kappa shape index (κ1) is 15.0. The van der Waals surface area contributed by atoms with Gasteiger partial charge in [-0.3, -0.25) is 4.79 Å². The molecular weight excluding hydrogens is 326 g/mol. The van der Waals surface area contributed by atoms with Gasteiger partial charge in [-0.15, -0.1) is 10.2 Å². The molecule has 0 bridgehead atoms. The SMILES string of the molecule is C[C@H](Sc1nnc(-c2ccco2)o1)C(=O)N1CCc2ccccc21. The first-order chi connectivity index (χ1) is 11.7. The fourth-order valence-corrected chi connectivity index (χ4v) is 3.49. The number of nitrogens with zero attached hydrogens (tertiary/aromatic N) is 3. The van der Waals surface area contributed by atoms with Crippen LogP contribution < -0.4 is 4.90 Å². The zero-order valence-corrected chi connectivity index (χ0v) is 13.8. The van der Waals surface area contributed by atoms with E-state index >= 15 is 0 Å². The molecule has 4 rings (SSSR count). The van der Waals surface area contributed by atoms with E-state index in [4.69, 9.17) is 8.83 Å². The topological polar surface area (TPSA) is 72.4 Å². The maximum Gasteiger partial charge on any atom is 0.284 e. The van der Waals surface area contributed by atoms with Crippen molar-refractivity contribution in [2.45, 2.75) is 23.8 Å². The standard InChI is InChI=1S/C17H15N3O3S/c1-11(16(21)20-9-8-12-5-2-3-6-13(12)20)24-17-19-18-15(23-17)14-7-4-10-22-14/h2-7,10-11H,8-9H2,1H3/t11-/m0/s1. The first-order valence-corrected chi connectivity index (χ1v) is 8.53. The Labute approximate surface area is 142 Å². The molecule has 0 spiro atoms. The van der Waals surface area contributed by atoms with Gasteiger partial charge in [0.2, 0.25) is 5.91 Å². The largest absolute Gasteiger partial charge is 0.459 e. The van der Waals surface area contributed by atoms with Crippen molar-refractivity contribution in [3.63, 3.8) is 0 Å². The van der Waals surface area contributed by atoms with Crippen LogP contribution in [0.25, 0.3) is 11.7 Å². The number of hydrogen-bond acceptors (Lipinski definition) is 6. The van der Waals surface area contributed by atoms with Crippen LogP contribution in [0.15, 0.2) is 56.7 Å². The predicted molar refractivity (Wildman–Crippen MR) is 89.8 cm³/mol. The summed E-state index contributed by atoms with van der Waals surface area (Å²) in [6, 6.07) is 11.5. The van der Waals surface area contributed by atoms with E-state index < -0.39 is 0 Å². The fraction of sp³-hybridized carbons (Fsp3) is 0.235. The Hall–Kier alpha value is -2.54. The molecule has 24 heavy (non-hydrogen) atoms. The number of rotatable bonds is 4. The minimum absolute atomic E-state index is 0.0442. The van der Waals surface area contributed by atoms with E-state index in [2.05, 4.69) is 16.3 Å². The zero-order chi connectivity index (χ0) is 16.5. The van der Waals surface area contributed by atoms with Crippen molar-refractivity contribution in [1.29, 1.82) is 0 Å². The lowest BCUT2D eigenvalue weighted by atomic mass is 10.2. The van der Waals surface area contributed by atoms with Gasteiger partial charge in [-0.05, 0) is 37.1 Å². The van der Waals surface area contributed by atoms with Gasteiger partial charge in [-0.25, -0.2) is 0 Å². The van der Waals surface area contributed by atoms with Crippen LogP contribution in [0, 0.1) is 0 Å². The third-order valence-electron chi connectivity index (χ3n) is 3.92. The number of aromatic nitrogens is 2. The second-order valence-corrected chi connectivity index (χ2v) is 6.77. The lowest BCUT2D eigenvalue weighted by Crippen LogP contribution is -2.35. The summed E-state index contributed by atoms with van der Waals surface area (Å²) in [4.78, 5) is 14.6. The molecule has 0 saturated carbocycles. The Bertz CT molecular complexity index is 860. The Kier molecular flexibility index (Phi) is 3.86. The lowest BCUT2D eigenvalue weighted by molar-refractivity contribution is -0.117. The van der Waals surface area contributed by atoms with Crippen LogP contribution in [0.4, 0.5) is 5.69 Å². The maximum absolute atomic E-state index is 12.7. The number of thioether (sulfide) groups is 1. The lowest BCUT2D eigenvalue weighted by Gasteiger charge is -2.20. The van der Waals surface area contributed by atoms with Crippen LogP contribution in [0.3, 0.4) is 0 Å². The van der Waals surface area contributed by atoms with Gasteiger partial charge < -0.3 is 13.7 Å². The number of hydrogen-bond donors (Lipinski definition) is 0. The zero-order valence-electron chi connectivity index (χ0n) is 13.0. The van der Waals surface area contributed by atoms with Gasteiger partial charge in [0.05, 0.1) is 11.5 Å². The molecule has 0 saturated heterocycles. The molecule has 0 aliphatic carbocycles. The summed E-state index contributed by atoms with van der Waals surface area (Å²) in [6.45, 7) is 2.56. The summed E-state index contributed by atoms with van der Waals surface area (Å²) < 4.78 is 10.8. The molecule has 3 heterocycles. The van der Waals surface area contributed by atoms with E-state index in [1.54, 1.807) is 18.4 Å². The Morgan fingerprint density at radius 3 is 2.96 bits per heavy atom. The Morgan fingerprint density at radius 2 is 2.12 bits per heavy atom. The molecule has 1 atom stereocenters. The molecule has 0 unspecified atom stereocenters. The highest BCUT2D eigenvalue weighted by atomic mass is 32.2. The van der Waals surface area contributed by atoms with Gasteiger partial charge in [0, 0.05) is 12.2 Å². The molecule has 1 aromatic carbocycles. The number of anilines is 1. The minimum atomic E-state index is -0.318. The van der Waals surface area contributed by atoms with Gasteiger partial charge in [-0.2, -0.15) is 0 Å². The summed E-state index contributed by atoms with van der Waals surface area (Å²) >= 11 is 1.26. The molecule has 0 radical (unpaired) electrons. The van der Waals surface area contributed by atoms with E-state index in [1.165, 1.54) is 17.3 Å². The summed E-state index contributed by atoms with van der Waals surface area (Å²) in [6.07, 6.45) is 2.44. The van der Waals surface area contributed by atoms with Crippen molar-refractivity contribution in [2.24, 2.45) is 0 Å². The van der Waals surface area contributed by atoms with Crippen molar-refractivity contribution < 1.29 is 13.6 Å². The number of benzene rings is 1. The monoisotopic (exact) mass is 341 g/mol. The summed E-state index contributed by atoms with van der Waals surface area (Å²) in [5.41, 5.74) is 2.21. The normalized spacial score (nSPS) is 14.6. The molecule has 1 aliphatic heterocycles. The molecule has 3 aromatic rings. The van der Waals surface area contributed by atoms with Crippen LogP contribution in [0.5, 0.6) is 0 Å². The highest BCUT2D eigenvalue weighted by Crippen LogP contribution is 2.32. The third-order valence-corrected chi connectivity index (χ3v) is 4.84. The number of furan rings is 1. The summed E-state index contributed by atoms with van der Waals surface area (Å²) in [7, 11) is 0. The summed E-state index contributed by atoms with van der Waals surface area (Å²) in [5.74, 6) is 0.873. The average molecular weight is 341 g/mol. The smallest absolute Gasteiger partial charge is 0.284 e. The van der Waals surface area contributed by atoms with E-state index in [1.807, 2.05) is 30.0 Å². The van der Waals surface area contributed by atoms with E-state index in [0.717, 1.165) is 12.1 Å². The number of amides is 1. The summed E-state index contributed by atoms with van der Waals surface area (Å²) in [5, 5.41) is 7.97. The highest BCUT2D eigenvalue weighted by Gasteiger charge is 2.29. The second kappa shape index (κ2) is 6.16. The van der Waals surface area contributed by atoms with Crippen LogP contribution in [0.1, 0.15) is 12.5 Å². The number of para-hydroxylation sites is 1. The molecule has 1 aliphatic rings. The van der Waals surface area contributed by atoms with Gasteiger partial charge in [0.25, 0.3) is 11.1 Å². The van der Waals surface area contributed by atoms with Crippen molar-refractivity contribution in [3.8, 4) is 11.7 Å². The first-order valence-electron chi connectivity index (χ1n) is 7.65. The van der Waals surface area contributed by atoms with Crippen LogP contribution >= 0.6 is 11.8 Å². The minimum Gasteiger partial charge on any atom is -0.459 e. The highest BCUT2D eigenvalue weighted by molar-refractivity contribution is 8.00. The maximum atomic E-state index is 12.7. The van der Waals surface area contributed by atoms with Gasteiger partial charge in [0.1, 0.15) is 0 Å². The van der Waals surface area contributed by atoms with Crippen molar-refractivity contribution in [2.75, 3.05) is 11.4 Å². The molecule has 0 fully saturated rings. The van der Waals surface area contributed by atoms with E-state index in [0.29, 0.717) is 23.4 Å². The quantitative estimate of drug-likeness (QED) is 0.677. The van der Waals surface area contributed by atoms with Gasteiger partial charge >= 0.3 is 0 Å². The number of carbonyl (C=O) groups is 1.